The Morgan fingerprint density at radius 3 is 2.43 bits per heavy atom. The molecule has 0 heterocycles. The molecule has 1 saturated carbocycles. The quantitative estimate of drug-likeness (QED) is 0.552. The molecule has 0 unspecified atom stereocenters. The fourth-order valence-corrected chi connectivity index (χ4v) is 1.76. The van der Waals surface area contributed by atoms with Crippen LogP contribution in [0.15, 0.2) is 24.3 Å². The van der Waals surface area contributed by atoms with Gasteiger partial charge in [0.15, 0.2) is 0 Å². The molecule has 0 N–H and O–H groups in total. The van der Waals surface area contributed by atoms with Crippen LogP contribution in [-0.4, -0.2) is 5.97 Å². The van der Waals surface area contributed by atoms with Crippen molar-refractivity contribution in [1.82, 2.24) is 0 Å². The molecule has 0 saturated heterocycles. The minimum atomic E-state index is -1.05. The molecule has 0 spiro atoms. The molecule has 0 amide bonds. The Balaban J connectivity index is 0.000000980. The van der Waals surface area contributed by atoms with Gasteiger partial charge in [-0.1, -0.05) is 30.7 Å². The van der Waals surface area contributed by atoms with Gasteiger partial charge in [-0.3, -0.25) is 0 Å². The minimum Gasteiger partial charge on any atom is -0.545 e. The van der Waals surface area contributed by atoms with E-state index in [0.717, 1.165) is 18.4 Å². The van der Waals surface area contributed by atoms with Gasteiger partial charge in [-0.2, -0.15) is 0 Å². The second-order valence-electron chi connectivity index (χ2n) is 3.50. The van der Waals surface area contributed by atoms with E-state index in [4.69, 9.17) is 0 Å². The van der Waals surface area contributed by atoms with E-state index < -0.39 is 5.97 Å². The smallest absolute Gasteiger partial charge is 0.545 e. The van der Waals surface area contributed by atoms with E-state index in [9.17, 15) is 9.90 Å². The third-order valence-electron chi connectivity index (χ3n) is 2.73. The van der Waals surface area contributed by atoms with Gasteiger partial charge in [0.1, 0.15) is 0 Å². The first kappa shape index (κ1) is 12.4. The Morgan fingerprint density at radius 2 is 1.93 bits per heavy atom. The van der Waals surface area contributed by atoms with Crippen molar-refractivity contribution in [3.05, 3.63) is 35.4 Å². The van der Waals surface area contributed by atoms with E-state index >= 15 is 0 Å². The molecule has 1 aliphatic carbocycles. The normalized spacial score (nSPS) is 15.4. The van der Waals surface area contributed by atoms with E-state index in [0.29, 0.717) is 11.5 Å². The number of benzene rings is 1. The van der Waals surface area contributed by atoms with Gasteiger partial charge in [0.25, 0.3) is 0 Å². The first-order chi connectivity index (χ1) is 6.29. The second-order valence-corrected chi connectivity index (χ2v) is 3.50. The summed E-state index contributed by atoms with van der Waals surface area (Å²) >= 11 is 0. The zero-order chi connectivity index (χ0) is 9.26. The van der Waals surface area contributed by atoms with Gasteiger partial charge in [-0.15, -0.1) is 0 Å². The number of carboxylic acids is 1. The predicted octanol–water partition coefficient (Wildman–Crippen LogP) is -1.68. The molecule has 1 aromatic carbocycles. The summed E-state index contributed by atoms with van der Waals surface area (Å²) in [5.41, 5.74) is 1.32. The summed E-state index contributed by atoms with van der Waals surface area (Å²) in [4.78, 5) is 10.8. The molecule has 3 heteroatoms. The average molecular weight is 214 g/mol. The molecule has 1 aliphatic rings. The van der Waals surface area contributed by atoms with Crippen LogP contribution in [0.2, 0.25) is 0 Å². The van der Waals surface area contributed by atoms with Crippen LogP contribution in [0.5, 0.6) is 0 Å². The van der Waals surface area contributed by atoms with E-state index in [2.05, 4.69) is 0 Å². The van der Waals surface area contributed by atoms with Gasteiger partial charge in [-0.05, 0) is 24.3 Å². The standard InChI is InChI=1S/C11H12O2.K/c12-11(13)10-7-2-1-6-9(10)8-4-3-5-8;/h1-2,6-8H,3-5H2,(H,12,13);/q;+1/p-1. The molecule has 0 radical (unpaired) electrons. The van der Waals surface area contributed by atoms with Gasteiger partial charge >= 0.3 is 51.4 Å². The summed E-state index contributed by atoms with van der Waals surface area (Å²) in [6, 6.07) is 7.16. The molecule has 0 atom stereocenters. The fraction of sp³-hybridized carbons (Fsp3) is 0.364. The van der Waals surface area contributed by atoms with Gasteiger partial charge < -0.3 is 9.90 Å². The topological polar surface area (TPSA) is 40.1 Å². The van der Waals surface area contributed by atoms with Crippen molar-refractivity contribution in [1.29, 1.82) is 0 Å². The zero-order valence-corrected chi connectivity index (χ0v) is 11.4. The van der Waals surface area contributed by atoms with Crippen LogP contribution in [0.25, 0.3) is 0 Å². The van der Waals surface area contributed by atoms with Gasteiger partial charge in [0.2, 0.25) is 0 Å². The van der Waals surface area contributed by atoms with Crippen molar-refractivity contribution in [2.24, 2.45) is 0 Å². The maximum Gasteiger partial charge on any atom is 1.00 e. The van der Waals surface area contributed by atoms with Gasteiger partial charge in [0, 0.05) is 5.56 Å². The minimum absolute atomic E-state index is 0. The van der Waals surface area contributed by atoms with Crippen LogP contribution >= 0.6 is 0 Å². The van der Waals surface area contributed by atoms with Crippen molar-refractivity contribution in [3.8, 4) is 0 Å². The Bertz CT molecular complexity index is 332. The zero-order valence-electron chi connectivity index (χ0n) is 8.32. The van der Waals surface area contributed by atoms with Crippen LogP contribution in [0.1, 0.15) is 41.1 Å². The monoisotopic (exact) mass is 214 g/mol. The Morgan fingerprint density at radius 1 is 1.29 bits per heavy atom. The number of rotatable bonds is 2. The summed E-state index contributed by atoms with van der Waals surface area (Å²) < 4.78 is 0. The van der Waals surface area contributed by atoms with Crippen molar-refractivity contribution in [2.45, 2.75) is 25.2 Å². The number of carboxylic acid groups (broad SMARTS) is 1. The molecule has 2 nitrogen and oxygen atoms in total. The molecular weight excluding hydrogens is 203 g/mol. The van der Waals surface area contributed by atoms with Crippen LogP contribution < -0.4 is 56.5 Å². The largest absolute Gasteiger partial charge is 1.00 e. The van der Waals surface area contributed by atoms with Crippen molar-refractivity contribution in [3.63, 3.8) is 0 Å². The molecule has 0 aromatic heterocycles. The average Bonchev–Trinajstić information content (AvgIpc) is 2.02. The van der Waals surface area contributed by atoms with Crippen LogP contribution in [0.4, 0.5) is 0 Å². The van der Waals surface area contributed by atoms with E-state index in [1.165, 1.54) is 6.42 Å². The summed E-state index contributed by atoms with van der Waals surface area (Å²) in [6.07, 6.45) is 3.45. The van der Waals surface area contributed by atoms with Crippen LogP contribution in [0.3, 0.4) is 0 Å². The van der Waals surface area contributed by atoms with Crippen LogP contribution in [0, 0.1) is 0 Å². The Hall–Kier alpha value is 0.326. The number of aromatic carboxylic acids is 1. The third kappa shape index (κ3) is 2.47. The Kier molecular flexibility index (Phi) is 4.80. The molecule has 1 aromatic rings. The molecule has 68 valence electrons. The summed E-state index contributed by atoms with van der Waals surface area (Å²) in [5, 5.41) is 10.8. The van der Waals surface area contributed by atoms with E-state index in [1.54, 1.807) is 12.1 Å². The molecule has 14 heavy (non-hydrogen) atoms. The van der Waals surface area contributed by atoms with Gasteiger partial charge in [0.05, 0.1) is 5.97 Å². The number of hydrogen-bond acceptors (Lipinski definition) is 2. The first-order valence-corrected chi connectivity index (χ1v) is 4.59. The van der Waals surface area contributed by atoms with E-state index in [1.807, 2.05) is 12.1 Å². The van der Waals surface area contributed by atoms with Crippen LogP contribution in [-0.2, 0) is 0 Å². The van der Waals surface area contributed by atoms with Gasteiger partial charge in [-0.25, -0.2) is 0 Å². The summed E-state index contributed by atoms with van der Waals surface area (Å²) in [5.74, 6) is -0.600. The molecule has 1 fully saturated rings. The molecule has 2 rings (SSSR count). The second kappa shape index (κ2) is 5.42. The predicted molar refractivity (Wildman–Crippen MR) is 47.4 cm³/mol. The number of hydrogen-bond donors (Lipinski definition) is 0. The maximum atomic E-state index is 10.8. The summed E-state index contributed by atoms with van der Waals surface area (Å²) in [7, 11) is 0. The van der Waals surface area contributed by atoms with Crippen molar-refractivity contribution in [2.75, 3.05) is 0 Å². The maximum absolute atomic E-state index is 10.8. The third-order valence-corrected chi connectivity index (χ3v) is 2.73. The van der Waals surface area contributed by atoms with Crippen molar-refractivity contribution >= 4 is 5.97 Å². The number of carbonyl (C=O) groups excluding carboxylic acids is 1. The SMILES string of the molecule is O=C([O-])c1ccccc1C1CCC1.[K+]. The number of carbonyl (C=O) groups is 1. The van der Waals surface area contributed by atoms with E-state index in [-0.39, 0.29) is 51.4 Å². The van der Waals surface area contributed by atoms with Crippen molar-refractivity contribution < 1.29 is 61.3 Å². The summed E-state index contributed by atoms with van der Waals surface area (Å²) in [6.45, 7) is 0. The molecular formula is C11H11KO2. The fourth-order valence-electron chi connectivity index (χ4n) is 1.76. The Labute approximate surface area is 126 Å². The molecule has 0 aliphatic heterocycles. The first-order valence-electron chi connectivity index (χ1n) is 4.59. The molecule has 0 bridgehead atoms.